The molecule has 0 saturated heterocycles. The third-order valence-corrected chi connectivity index (χ3v) is 3.43. The Morgan fingerprint density at radius 2 is 2.06 bits per heavy atom. The molecule has 1 rings (SSSR count). The molecule has 0 aliphatic heterocycles. The number of hydrogen-bond donors (Lipinski definition) is 1. The molecule has 18 heavy (non-hydrogen) atoms. The van der Waals surface area contributed by atoms with Crippen molar-refractivity contribution >= 4 is 11.9 Å². The SMILES string of the molecule is COCCN(C(=O)CCCC(=O)O)C(C)C1CC1. The van der Waals surface area contributed by atoms with Crippen LogP contribution in [0.2, 0.25) is 0 Å². The van der Waals surface area contributed by atoms with E-state index in [1.54, 1.807) is 7.11 Å². The van der Waals surface area contributed by atoms with E-state index in [-0.39, 0.29) is 18.4 Å². The first-order valence-electron chi connectivity index (χ1n) is 6.56. The van der Waals surface area contributed by atoms with Crippen LogP contribution in [0.5, 0.6) is 0 Å². The number of carboxylic acids is 1. The van der Waals surface area contributed by atoms with Gasteiger partial charge in [0.05, 0.1) is 6.61 Å². The first kappa shape index (κ1) is 15.0. The quantitative estimate of drug-likeness (QED) is 0.680. The Kier molecular flexibility index (Phi) is 6.12. The molecule has 0 aromatic rings. The van der Waals surface area contributed by atoms with Gasteiger partial charge in [0.25, 0.3) is 0 Å². The minimum absolute atomic E-state index is 0.0488. The number of amides is 1. The number of carboxylic acid groups (broad SMARTS) is 1. The molecule has 1 atom stereocenters. The normalized spacial score (nSPS) is 16.3. The number of ether oxygens (including phenoxy) is 1. The average Bonchev–Trinajstić information content (AvgIpc) is 3.12. The highest BCUT2D eigenvalue weighted by Crippen LogP contribution is 2.35. The van der Waals surface area contributed by atoms with Gasteiger partial charge in [0.2, 0.25) is 5.91 Å². The largest absolute Gasteiger partial charge is 0.481 e. The summed E-state index contributed by atoms with van der Waals surface area (Å²) in [6, 6.07) is 0.248. The third kappa shape index (κ3) is 5.04. The Morgan fingerprint density at radius 1 is 1.39 bits per heavy atom. The molecule has 1 N–H and O–H groups in total. The smallest absolute Gasteiger partial charge is 0.303 e. The number of methoxy groups -OCH3 is 1. The van der Waals surface area contributed by atoms with E-state index in [0.29, 0.717) is 31.9 Å². The van der Waals surface area contributed by atoms with Crippen LogP contribution in [0.1, 0.15) is 39.0 Å². The lowest BCUT2D eigenvalue weighted by Crippen LogP contribution is -2.41. The van der Waals surface area contributed by atoms with Crippen LogP contribution < -0.4 is 0 Å². The van der Waals surface area contributed by atoms with Crippen molar-refractivity contribution in [2.75, 3.05) is 20.3 Å². The monoisotopic (exact) mass is 257 g/mol. The average molecular weight is 257 g/mol. The van der Waals surface area contributed by atoms with Crippen LogP contribution >= 0.6 is 0 Å². The zero-order valence-electron chi connectivity index (χ0n) is 11.2. The van der Waals surface area contributed by atoms with Crippen molar-refractivity contribution in [3.63, 3.8) is 0 Å². The Morgan fingerprint density at radius 3 is 2.56 bits per heavy atom. The molecular weight excluding hydrogens is 234 g/mol. The molecule has 104 valence electrons. The number of hydrogen-bond acceptors (Lipinski definition) is 3. The zero-order chi connectivity index (χ0) is 13.5. The van der Waals surface area contributed by atoms with Crippen LogP contribution in [0, 0.1) is 5.92 Å². The number of aliphatic carboxylic acids is 1. The summed E-state index contributed by atoms with van der Waals surface area (Å²) in [6.07, 6.45) is 3.16. The van der Waals surface area contributed by atoms with Crippen molar-refractivity contribution in [2.24, 2.45) is 5.92 Å². The molecule has 5 heteroatoms. The molecule has 0 radical (unpaired) electrons. The van der Waals surface area contributed by atoms with Crippen molar-refractivity contribution in [1.29, 1.82) is 0 Å². The van der Waals surface area contributed by atoms with Gasteiger partial charge in [0.15, 0.2) is 0 Å². The molecule has 0 heterocycles. The van der Waals surface area contributed by atoms with Crippen LogP contribution in [-0.4, -0.2) is 48.2 Å². The maximum Gasteiger partial charge on any atom is 0.303 e. The van der Waals surface area contributed by atoms with E-state index in [4.69, 9.17) is 9.84 Å². The van der Waals surface area contributed by atoms with Gasteiger partial charge in [-0.05, 0) is 32.1 Å². The van der Waals surface area contributed by atoms with Gasteiger partial charge in [0.1, 0.15) is 0 Å². The number of carbonyl (C=O) groups excluding carboxylic acids is 1. The van der Waals surface area contributed by atoms with Gasteiger partial charge in [-0.15, -0.1) is 0 Å². The molecule has 1 amide bonds. The minimum Gasteiger partial charge on any atom is -0.481 e. The van der Waals surface area contributed by atoms with E-state index < -0.39 is 5.97 Å². The Labute approximate surface area is 108 Å². The summed E-state index contributed by atoms with van der Waals surface area (Å²) in [4.78, 5) is 24.4. The Hall–Kier alpha value is -1.10. The highest BCUT2D eigenvalue weighted by molar-refractivity contribution is 5.77. The highest BCUT2D eigenvalue weighted by atomic mass is 16.5. The van der Waals surface area contributed by atoms with Crippen molar-refractivity contribution in [1.82, 2.24) is 4.90 Å². The summed E-state index contributed by atoms with van der Waals surface area (Å²) in [5.74, 6) is -0.181. The van der Waals surface area contributed by atoms with Gasteiger partial charge in [-0.2, -0.15) is 0 Å². The minimum atomic E-state index is -0.846. The lowest BCUT2D eigenvalue weighted by molar-refractivity contribution is -0.137. The van der Waals surface area contributed by atoms with Crippen LogP contribution in [0.25, 0.3) is 0 Å². The van der Waals surface area contributed by atoms with Gasteiger partial charge in [0, 0.05) is 32.5 Å². The fourth-order valence-corrected chi connectivity index (χ4v) is 2.11. The summed E-state index contributed by atoms with van der Waals surface area (Å²) in [6.45, 7) is 3.20. The zero-order valence-corrected chi connectivity index (χ0v) is 11.2. The maximum atomic E-state index is 12.1. The summed E-state index contributed by atoms with van der Waals surface area (Å²) >= 11 is 0. The molecule has 0 bridgehead atoms. The first-order valence-corrected chi connectivity index (χ1v) is 6.56. The van der Waals surface area contributed by atoms with Crippen molar-refractivity contribution in [3.8, 4) is 0 Å². The molecule has 1 aliphatic carbocycles. The highest BCUT2D eigenvalue weighted by Gasteiger charge is 2.33. The molecule has 1 fully saturated rings. The molecule has 1 saturated carbocycles. The molecule has 1 unspecified atom stereocenters. The number of carbonyl (C=O) groups is 2. The lowest BCUT2D eigenvalue weighted by atomic mass is 10.1. The second-order valence-corrected chi connectivity index (χ2v) is 4.91. The van der Waals surface area contributed by atoms with Crippen LogP contribution in [0.4, 0.5) is 0 Å². The van der Waals surface area contributed by atoms with Gasteiger partial charge in [-0.1, -0.05) is 0 Å². The molecule has 0 aromatic heterocycles. The topological polar surface area (TPSA) is 66.8 Å². The maximum absolute atomic E-state index is 12.1. The van der Waals surface area contributed by atoms with Crippen molar-refractivity contribution < 1.29 is 19.4 Å². The van der Waals surface area contributed by atoms with E-state index >= 15 is 0 Å². The number of nitrogens with zero attached hydrogens (tertiary/aromatic N) is 1. The van der Waals surface area contributed by atoms with Crippen molar-refractivity contribution in [3.05, 3.63) is 0 Å². The molecular formula is C13H23NO4. The van der Waals surface area contributed by atoms with Crippen LogP contribution in [-0.2, 0) is 14.3 Å². The summed E-state index contributed by atoms with van der Waals surface area (Å²) in [5.41, 5.74) is 0. The van der Waals surface area contributed by atoms with Gasteiger partial charge >= 0.3 is 5.97 Å². The molecule has 1 aliphatic rings. The number of rotatable bonds is 9. The van der Waals surface area contributed by atoms with Crippen LogP contribution in [0.3, 0.4) is 0 Å². The summed E-state index contributed by atoms with van der Waals surface area (Å²) in [5, 5.41) is 8.57. The molecule has 5 nitrogen and oxygen atoms in total. The first-order chi connectivity index (χ1) is 8.56. The van der Waals surface area contributed by atoms with Crippen molar-refractivity contribution in [2.45, 2.75) is 45.1 Å². The van der Waals surface area contributed by atoms with E-state index in [1.807, 2.05) is 4.90 Å². The van der Waals surface area contributed by atoms with E-state index in [9.17, 15) is 9.59 Å². The summed E-state index contributed by atoms with van der Waals surface area (Å²) in [7, 11) is 1.62. The van der Waals surface area contributed by atoms with E-state index in [0.717, 1.165) is 0 Å². The molecule has 0 spiro atoms. The summed E-state index contributed by atoms with van der Waals surface area (Å²) < 4.78 is 5.03. The van der Waals surface area contributed by atoms with E-state index in [2.05, 4.69) is 6.92 Å². The van der Waals surface area contributed by atoms with Gasteiger partial charge in [-0.25, -0.2) is 0 Å². The lowest BCUT2D eigenvalue weighted by Gasteiger charge is -2.29. The van der Waals surface area contributed by atoms with E-state index in [1.165, 1.54) is 12.8 Å². The predicted octanol–water partition coefficient (Wildman–Crippen LogP) is 1.51. The second-order valence-electron chi connectivity index (χ2n) is 4.91. The Balaban J connectivity index is 2.41. The van der Waals surface area contributed by atoms with Crippen LogP contribution in [0.15, 0.2) is 0 Å². The fourth-order valence-electron chi connectivity index (χ4n) is 2.11. The molecule has 0 aromatic carbocycles. The second kappa shape index (κ2) is 7.36. The standard InChI is InChI=1S/C13H23NO4/c1-10(11-6-7-11)14(8-9-18-2)12(15)4-3-5-13(16)17/h10-11H,3-9H2,1-2H3,(H,16,17). The Bertz CT molecular complexity index is 289. The third-order valence-electron chi connectivity index (χ3n) is 3.43. The predicted molar refractivity (Wildman–Crippen MR) is 67.3 cm³/mol. The van der Waals surface area contributed by atoms with Gasteiger partial charge in [-0.3, -0.25) is 9.59 Å². The van der Waals surface area contributed by atoms with Gasteiger partial charge < -0.3 is 14.7 Å². The fraction of sp³-hybridized carbons (Fsp3) is 0.846.